The van der Waals surface area contributed by atoms with E-state index in [1.54, 1.807) is 7.05 Å². The average molecular weight is 408 g/mol. The third-order valence-electron chi connectivity index (χ3n) is 5.08. The molecule has 1 atom stereocenters. The van der Waals surface area contributed by atoms with Gasteiger partial charge in [-0.2, -0.15) is 0 Å². The SMILES string of the molecule is CCNC(=O)C(C)(C)CNC(=NC)NCC(c1ccc(F)cc1)N1CCOCC1. The number of morpholine rings is 1. The number of hydrogen-bond donors (Lipinski definition) is 3. The van der Waals surface area contributed by atoms with Crippen LogP contribution in [0.15, 0.2) is 29.3 Å². The van der Waals surface area contributed by atoms with Crippen LogP contribution in [0.1, 0.15) is 32.4 Å². The summed E-state index contributed by atoms with van der Waals surface area (Å²) in [4.78, 5) is 18.8. The minimum Gasteiger partial charge on any atom is -0.379 e. The van der Waals surface area contributed by atoms with E-state index in [1.165, 1.54) is 12.1 Å². The molecule has 1 aliphatic heterocycles. The van der Waals surface area contributed by atoms with Gasteiger partial charge in [0.05, 0.1) is 24.7 Å². The maximum atomic E-state index is 13.4. The summed E-state index contributed by atoms with van der Waals surface area (Å²) in [5, 5.41) is 9.46. The van der Waals surface area contributed by atoms with E-state index in [4.69, 9.17) is 4.74 Å². The predicted molar refractivity (Wildman–Crippen MR) is 113 cm³/mol. The largest absolute Gasteiger partial charge is 0.379 e. The Morgan fingerprint density at radius 2 is 1.86 bits per heavy atom. The lowest BCUT2D eigenvalue weighted by atomic mass is 9.92. The first-order chi connectivity index (χ1) is 13.9. The molecule has 0 radical (unpaired) electrons. The quantitative estimate of drug-likeness (QED) is 0.450. The fraction of sp³-hybridized carbons (Fsp3) is 0.619. The number of hydrogen-bond acceptors (Lipinski definition) is 4. The van der Waals surface area contributed by atoms with Crippen LogP contribution in [0.25, 0.3) is 0 Å². The number of amides is 1. The first kappa shape index (κ1) is 23.1. The first-order valence-electron chi connectivity index (χ1n) is 10.2. The molecule has 8 heteroatoms. The van der Waals surface area contributed by atoms with Crippen LogP contribution in [0.4, 0.5) is 4.39 Å². The number of guanidine groups is 1. The van der Waals surface area contributed by atoms with Crippen molar-refractivity contribution in [3.8, 4) is 0 Å². The molecule has 162 valence electrons. The number of carbonyl (C=O) groups is 1. The van der Waals surface area contributed by atoms with Gasteiger partial charge in [0.2, 0.25) is 5.91 Å². The second-order valence-corrected chi connectivity index (χ2v) is 7.77. The lowest BCUT2D eigenvalue weighted by Crippen LogP contribution is -2.50. The molecular formula is C21H34FN5O2. The molecule has 0 spiro atoms. The molecule has 29 heavy (non-hydrogen) atoms. The van der Waals surface area contributed by atoms with E-state index in [-0.39, 0.29) is 17.8 Å². The van der Waals surface area contributed by atoms with Gasteiger partial charge in [0.25, 0.3) is 0 Å². The van der Waals surface area contributed by atoms with Gasteiger partial charge in [-0.1, -0.05) is 12.1 Å². The normalized spacial score (nSPS) is 16.9. The molecule has 0 bridgehead atoms. The van der Waals surface area contributed by atoms with Crippen LogP contribution in [0.3, 0.4) is 0 Å². The van der Waals surface area contributed by atoms with Crippen LogP contribution in [0, 0.1) is 11.2 Å². The summed E-state index contributed by atoms with van der Waals surface area (Å²) in [5.74, 6) is 0.385. The highest BCUT2D eigenvalue weighted by Gasteiger charge is 2.28. The number of ether oxygens (including phenoxy) is 1. The van der Waals surface area contributed by atoms with Crippen LogP contribution in [0.5, 0.6) is 0 Å². The topological polar surface area (TPSA) is 78.0 Å². The highest BCUT2D eigenvalue weighted by Crippen LogP contribution is 2.21. The second kappa shape index (κ2) is 11.1. The van der Waals surface area contributed by atoms with Gasteiger partial charge in [-0.15, -0.1) is 0 Å². The summed E-state index contributed by atoms with van der Waals surface area (Å²) in [6.07, 6.45) is 0. The van der Waals surface area contributed by atoms with Crippen molar-refractivity contribution >= 4 is 11.9 Å². The Labute approximate surface area is 173 Å². The molecule has 1 unspecified atom stereocenters. The smallest absolute Gasteiger partial charge is 0.227 e. The maximum Gasteiger partial charge on any atom is 0.227 e. The summed E-state index contributed by atoms with van der Waals surface area (Å²) in [6, 6.07) is 6.70. The van der Waals surface area contributed by atoms with Gasteiger partial charge < -0.3 is 20.7 Å². The van der Waals surface area contributed by atoms with Gasteiger partial charge in [-0.3, -0.25) is 14.7 Å². The Morgan fingerprint density at radius 1 is 1.21 bits per heavy atom. The predicted octanol–water partition coefficient (Wildman–Crippen LogP) is 1.53. The summed E-state index contributed by atoms with van der Waals surface area (Å²) in [7, 11) is 1.70. The molecular weight excluding hydrogens is 373 g/mol. The van der Waals surface area contributed by atoms with Crippen molar-refractivity contribution in [2.24, 2.45) is 10.4 Å². The number of nitrogens with one attached hydrogen (secondary N) is 3. The molecule has 1 amide bonds. The fourth-order valence-corrected chi connectivity index (χ4v) is 3.23. The highest BCUT2D eigenvalue weighted by atomic mass is 19.1. The first-order valence-corrected chi connectivity index (χ1v) is 10.2. The molecule has 1 saturated heterocycles. The summed E-state index contributed by atoms with van der Waals surface area (Å²) in [5.41, 5.74) is 0.479. The fourth-order valence-electron chi connectivity index (χ4n) is 3.23. The van der Waals surface area contributed by atoms with Crippen LogP contribution in [0.2, 0.25) is 0 Å². The second-order valence-electron chi connectivity index (χ2n) is 7.77. The zero-order chi connectivity index (χ0) is 21.3. The molecule has 1 aliphatic rings. The van der Waals surface area contributed by atoms with E-state index in [0.717, 1.165) is 18.7 Å². The number of halogens is 1. The summed E-state index contributed by atoms with van der Waals surface area (Å²) < 4.78 is 18.9. The van der Waals surface area contributed by atoms with E-state index in [9.17, 15) is 9.18 Å². The molecule has 7 nitrogen and oxygen atoms in total. The van der Waals surface area contributed by atoms with E-state index >= 15 is 0 Å². The van der Waals surface area contributed by atoms with Gasteiger partial charge >= 0.3 is 0 Å². The standard InChI is InChI=1S/C21H34FN5O2/c1-5-24-19(28)21(2,3)15-26-20(23-4)25-14-18(27-10-12-29-13-11-27)16-6-8-17(22)9-7-16/h6-9,18H,5,10-15H2,1-4H3,(H,24,28)(H2,23,25,26). The Bertz CT molecular complexity index is 672. The van der Waals surface area contributed by atoms with Crippen LogP contribution in [-0.4, -0.2) is 69.8 Å². The van der Waals surface area contributed by atoms with Gasteiger partial charge in [0.1, 0.15) is 5.82 Å². The molecule has 0 saturated carbocycles. The van der Waals surface area contributed by atoms with E-state index in [1.807, 2.05) is 32.9 Å². The van der Waals surface area contributed by atoms with E-state index in [2.05, 4.69) is 25.8 Å². The average Bonchev–Trinajstić information content (AvgIpc) is 2.72. The summed E-state index contributed by atoms with van der Waals surface area (Å²) >= 11 is 0. The minimum absolute atomic E-state index is 0.000425. The van der Waals surface area contributed by atoms with E-state index in [0.29, 0.717) is 38.8 Å². The van der Waals surface area contributed by atoms with Crippen LogP contribution >= 0.6 is 0 Å². The van der Waals surface area contributed by atoms with Crippen molar-refractivity contribution in [3.05, 3.63) is 35.6 Å². The van der Waals surface area contributed by atoms with Gasteiger partial charge in [0, 0.05) is 39.8 Å². The van der Waals surface area contributed by atoms with Crippen molar-refractivity contribution < 1.29 is 13.9 Å². The van der Waals surface area contributed by atoms with Crippen molar-refractivity contribution in [2.75, 3.05) is 53.0 Å². The molecule has 2 rings (SSSR count). The molecule has 3 N–H and O–H groups in total. The molecule has 1 aromatic carbocycles. The van der Waals surface area contributed by atoms with Crippen molar-refractivity contribution in [1.29, 1.82) is 0 Å². The Kier molecular flexibility index (Phi) is 8.85. The molecule has 1 fully saturated rings. The lowest BCUT2D eigenvalue weighted by Gasteiger charge is -2.35. The molecule has 0 aromatic heterocycles. The van der Waals surface area contributed by atoms with E-state index < -0.39 is 5.41 Å². The van der Waals surface area contributed by atoms with Gasteiger partial charge in [-0.05, 0) is 38.5 Å². The monoisotopic (exact) mass is 407 g/mol. The molecule has 1 heterocycles. The van der Waals surface area contributed by atoms with Crippen LogP contribution < -0.4 is 16.0 Å². The number of aliphatic imine (C=N–C) groups is 1. The minimum atomic E-state index is -0.561. The Balaban J connectivity index is 2.00. The Morgan fingerprint density at radius 3 is 2.45 bits per heavy atom. The summed E-state index contributed by atoms with van der Waals surface area (Å²) in [6.45, 7) is 10.4. The number of benzene rings is 1. The maximum absolute atomic E-state index is 13.4. The third-order valence-corrected chi connectivity index (χ3v) is 5.08. The highest BCUT2D eigenvalue weighted by molar-refractivity contribution is 5.84. The van der Waals surface area contributed by atoms with Crippen LogP contribution in [-0.2, 0) is 9.53 Å². The number of nitrogens with zero attached hydrogens (tertiary/aromatic N) is 2. The van der Waals surface area contributed by atoms with Crippen molar-refractivity contribution in [2.45, 2.75) is 26.8 Å². The lowest BCUT2D eigenvalue weighted by molar-refractivity contribution is -0.128. The van der Waals surface area contributed by atoms with Crippen molar-refractivity contribution in [1.82, 2.24) is 20.9 Å². The molecule has 1 aromatic rings. The molecule has 0 aliphatic carbocycles. The van der Waals surface area contributed by atoms with Gasteiger partial charge in [-0.25, -0.2) is 4.39 Å². The van der Waals surface area contributed by atoms with Gasteiger partial charge in [0.15, 0.2) is 5.96 Å². The third kappa shape index (κ3) is 6.97. The Hall–Kier alpha value is -2.19. The van der Waals surface area contributed by atoms with Crippen molar-refractivity contribution in [3.63, 3.8) is 0 Å². The zero-order valence-corrected chi connectivity index (χ0v) is 17.9. The zero-order valence-electron chi connectivity index (χ0n) is 17.9. The number of carbonyl (C=O) groups excluding carboxylic acids is 1. The number of rotatable bonds is 8.